The quantitative estimate of drug-likeness (QED) is 0.771. The molecular formula is C11H15FN2O2. The number of nitrogens with zero attached hydrogens (tertiary/aromatic N) is 1. The molecule has 1 aromatic heterocycles. The van der Waals surface area contributed by atoms with Crippen LogP contribution >= 0.6 is 0 Å². The van der Waals surface area contributed by atoms with Crippen molar-refractivity contribution < 1.29 is 13.9 Å². The van der Waals surface area contributed by atoms with E-state index in [9.17, 15) is 9.18 Å². The lowest BCUT2D eigenvalue weighted by Gasteiger charge is -2.08. The summed E-state index contributed by atoms with van der Waals surface area (Å²) in [5.41, 5.74) is 0. The van der Waals surface area contributed by atoms with Gasteiger partial charge in [-0.3, -0.25) is 4.79 Å². The molecule has 1 rings (SSSR count). The molecule has 1 N–H and O–H groups in total. The highest BCUT2D eigenvalue weighted by molar-refractivity contribution is 5.77. The van der Waals surface area contributed by atoms with Gasteiger partial charge < -0.3 is 10.1 Å². The van der Waals surface area contributed by atoms with Crippen LogP contribution in [0.2, 0.25) is 0 Å². The summed E-state index contributed by atoms with van der Waals surface area (Å²) in [6.07, 6.45) is 1.32. The van der Waals surface area contributed by atoms with E-state index < -0.39 is 5.95 Å². The minimum Gasteiger partial charge on any atom is -0.479 e. The average Bonchev–Trinajstić information content (AvgIpc) is 2.25. The number of rotatable bonds is 5. The highest BCUT2D eigenvalue weighted by Gasteiger charge is 2.06. The van der Waals surface area contributed by atoms with Gasteiger partial charge in [-0.05, 0) is 18.1 Å². The lowest BCUT2D eigenvalue weighted by atomic mass is 10.2. The van der Waals surface area contributed by atoms with E-state index in [0.717, 1.165) is 0 Å². The van der Waals surface area contributed by atoms with Gasteiger partial charge in [0.2, 0.25) is 0 Å². The standard InChI is InChI=1S/C11H15FN2O2/c1-8(2)6-14-10(15)7-16-9-4-3-5-13-11(9)12/h3-5,8H,6-7H2,1-2H3,(H,14,15). The first kappa shape index (κ1) is 12.4. The molecule has 5 heteroatoms. The van der Waals surface area contributed by atoms with E-state index >= 15 is 0 Å². The number of ether oxygens (including phenoxy) is 1. The molecule has 0 saturated carbocycles. The number of amides is 1. The molecule has 88 valence electrons. The summed E-state index contributed by atoms with van der Waals surface area (Å²) in [7, 11) is 0. The second kappa shape index (κ2) is 6.05. The zero-order valence-electron chi connectivity index (χ0n) is 9.37. The largest absolute Gasteiger partial charge is 0.479 e. The molecule has 16 heavy (non-hydrogen) atoms. The Bertz CT molecular complexity index is 356. The Morgan fingerprint density at radius 3 is 3.00 bits per heavy atom. The zero-order chi connectivity index (χ0) is 12.0. The van der Waals surface area contributed by atoms with Crippen LogP contribution in [0.3, 0.4) is 0 Å². The van der Waals surface area contributed by atoms with Gasteiger partial charge in [0, 0.05) is 12.7 Å². The predicted octanol–water partition coefficient (Wildman–Crippen LogP) is 1.37. The van der Waals surface area contributed by atoms with Crippen molar-refractivity contribution in [1.29, 1.82) is 0 Å². The minimum absolute atomic E-state index is 0.0119. The van der Waals surface area contributed by atoms with Crippen LogP contribution < -0.4 is 10.1 Å². The van der Waals surface area contributed by atoms with Crippen molar-refractivity contribution >= 4 is 5.91 Å². The first-order valence-electron chi connectivity index (χ1n) is 5.09. The van der Waals surface area contributed by atoms with Gasteiger partial charge in [-0.15, -0.1) is 0 Å². The molecule has 1 heterocycles. The Kier molecular flexibility index (Phi) is 4.69. The molecule has 1 aromatic rings. The topological polar surface area (TPSA) is 51.2 Å². The van der Waals surface area contributed by atoms with Gasteiger partial charge >= 0.3 is 0 Å². The lowest BCUT2D eigenvalue weighted by molar-refractivity contribution is -0.123. The van der Waals surface area contributed by atoms with Crippen LogP contribution in [0.15, 0.2) is 18.3 Å². The molecule has 0 radical (unpaired) electrons. The van der Waals surface area contributed by atoms with Gasteiger partial charge in [-0.1, -0.05) is 13.8 Å². The fraction of sp³-hybridized carbons (Fsp3) is 0.455. The highest BCUT2D eigenvalue weighted by Crippen LogP contribution is 2.12. The predicted molar refractivity (Wildman–Crippen MR) is 57.5 cm³/mol. The Balaban J connectivity index is 2.35. The van der Waals surface area contributed by atoms with E-state index in [1.54, 1.807) is 6.07 Å². The number of hydrogen-bond donors (Lipinski definition) is 1. The van der Waals surface area contributed by atoms with Crippen LogP contribution in [0, 0.1) is 11.9 Å². The lowest BCUT2D eigenvalue weighted by Crippen LogP contribution is -2.31. The molecule has 0 aliphatic carbocycles. The zero-order valence-corrected chi connectivity index (χ0v) is 9.37. The van der Waals surface area contributed by atoms with Crippen LogP contribution in [-0.2, 0) is 4.79 Å². The molecule has 1 amide bonds. The highest BCUT2D eigenvalue weighted by atomic mass is 19.1. The van der Waals surface area contributed by atoms with Gasteiger partial charge in [0.25, 0.3) is 11.9 Å². The fourth-order valence-corrected chi connectivity index (χ4v) is 0.991. The van der Waals surface area contributed by atoms with Crippen molar-refractivity contribution in [2.75, 3.05) is 13.2 Å². The summed E-state index contributed by atoms with van der Waals surface area (Å²) < 4.78 is 18.0. The first-order valence-corrected chi connectivity index (χ1v) is 5.09. The normalized spacial score (nSPS) is 10.2. The third kappa shape index (κ3) is 4.25. The molecule has 0 bridgehead atoms. The number of nitrogens with one attached hydrogen (secondary N) is 1. The number of pyridine rings is 1. The van der Waals surface area contributed by atoms with Gasteiger partial charge in [-0.2, -0.15) is 4.39 Å². The molecule has 0 atom stereocenters. The molecule has 4 nitrogen and oxygen atoms in total. The molecular weight excluding hydrogens is 211 g/mol. The Morgan fingerprint density at radius 2 is 2.38 bits per heavy atom. The van der Waals surface area contributed by atoms with E-state index in [4.69, 9.17) is 4.74 Å². The SMILES string of the molecule is CC(C)CNC(=O)COc1cccnc1F. The van der Waals surface area contributed by atoms with Crippen molar-refractivity contribution in [3.05, 3.63) is 24.3 Å². The molecule has 0 spiro atoms. The number of carbonyl (C=O) groups excluding carboxylic acids is 1. The van der Waals surface area contributed by atoms with Crippen LogP contribution in [0.1, 0.15) is 13.8 Å². The van der Waals surface area contributed by atoms with Crippen molar-refractivity contribution in [1.82, 2.24) is 10.3 Å². The molecule has 0 aromatic carbocycles. The summed E-state index contributed by atoms with van der Waals surface area (Å²) in [6.45, 7) is 4.36. The molecule has 0 aliphatic heterocycles. The second-order valence-corrected chi connectivity index (χ2v) is 3.78. The van der Waals surface area contributed by atoms with Crippen LogP contribution in [0.25, 0.3) is 0 Å². The molecule has 0 saturated heterocycles. The summed E-state index contributed by atoms with van der Waals surface area (Å²) in [4.78, 5) is 14.7. The van der Waals surface area contributed by atoms with Gasteiger partial charge in [0.1, 0.15) is 0 Å². The maximum Gasteiger partial charge on any atom is 0.257 e. The van der Waals surface area contributed by atoms with E-state index in [1.165, 1.54) is 12.3 Å². The molecule has 0 fully saturated rings. The summed E-state index contributed by atoms with van der Waals surface area (Å²) in [5, 5.41) is 2.67. The van der Waals surface area contributed by atoms with E-state index in [-0.39, 0.29) is 18.3 Å². The van der Waals surface area contributed by atoms with Crippen LogP contribution in [0.4, 0.5) is 4.39 Å². The summed E-state index contributed by atoms with van der Waals surface area (Å²) >= 11 is 0. The molecule has 0 aliphatic rings. The Morgan fingerprint density at radius 1 is 1.62 bits per heavy atom. The van der Waals surface area contributed by atoms with E-state index in [2.05, 4.69) is 10.3 Å². The molecule has 0 unspecified atom stereocenters. The maximum atomic E-state index is 13.0. The van der Waals surface area contributed by atoms with Crippen LogP contribution in [0.5, 0.6) is 5.75 Å². The maximum absolute atomic E-state index is 13.0. The number of hydrogen-bond acceptors (Lipinski definition) is 3. The first-order chi connectivity index (χ1) is 7.59. The van der Waals surface area contributed by atoms with E-state index in [1.807, 2.05) is 13.8 Å². The third-order valence-corrected chi connectivity index (χ3v) is 1.79. The van der Waals surface area contributed by atoms with Crippen molar-refractivity contribution in [2.45, 2.75) is 13.8 Å². The minimum atomic E-state index is -0.709. The summed E-state index contributed by atoms with van der Waals surface area (Å²) in [6, 6.07) is 2.97. The average molecular weight is 226 g/mol. The monoisotopic (exact) mass is 226 g/mol. The smallest absolute Gasteiger partial charge is 0.257 e. The van der Waals surface area contributed by atoms with E-state index in [0.29, 0.717) is 12.5 Å². The number of carbonyl (C=O) groups is 1. The van der Waals surface area contributed by atoms with Gasteiger partial charge in [-0.25, -0.2) is 4.98 Å². The van der Waals surface area contributed by atoms with Crippen LogP contribution in [-0.4, -0.2) is 24.0 Å². The van der Waals surface area contributed by atoms with Gasteiger partial charge in [0.15, 0.2) is 12.4 Å². The number of aromatic nitrogens is 1. The second-order valence-electron chi connectivity index (χ2n) is 3.78. The van der Waals surface area contributed by atoms with Crippen molar-refractivity contribution in [3.8, 4) is 5.75 Å². The summed E-state index contributed by atoms with van der Waals surface area (Å²) in [5.74, 6) is -0.614. The van der Waals surface area contributed by atoms with Crippen molar-refractivity contribution in [3.63, 3.8) is 0 Å². The Labute approximate surface area is 93.8 Å². The Hall–Kier alpha value is -1.65. The fourth-order valence-electron chi connectivity index (χ4n) is 0.991. The van der Waals surface area contributed by atoms with Crippen molar-refractivity contribution in [2.24, 2.45) is 5.92 Å². The third-order valence-electron chi connectivity index (χ3n) is 1.79. The number of halogens is 1. The van der Waals surface area contributed by atoms with Gasteiger partial charge in [0.05, 0.1) is 0 Å².